The van der Waals surface area contributed by atoms with Crippen molar-refractivity contribution >= 4 is 10.0 Å². The van der Waals surface area contributed by atoms with Gasteiger partial charge < -0.3 is 4.74 Å². The summed E-state index contributed by atoms with van der Waals surface area (Å²) in [6, 6.07) is 0. The highest BCUT2D eigenvalue weighted by atomic mass is 32.2. The van der Waals surface area contributed by atoms with Gasteiger partial charge in [-0.25, -0.2) is 13.1 Å². The number of likely N-dealkylation sites (tertiary alicyclic amines) is 1. The average Bonchev–Trinajstić information content (AvgIpc) is 2.54. The van der Waals surface area contributed by atoms with Crippen molar-refractivity contribution in [2.45, 2.75) is 58.4 Å². The van der Waals surface area contributed by atoms with E-state index in [1.165, 1.54) is 19.3 Å². The van der Waals surface area contributed by atoms with Crippen LogP contribution in [0, 0.1) is 11.8 Å². The predicted molar refractivity (Wildman–Crippen MR) is 94.0 cm³/mol. The Morgan fingerprint density at radius 3 is 2.52 bits per heavy atom. The van der Waals surface area contributed by atoms with Crippen LogP contribution in [0.2, 0.25) is 0 Å². The minimum Gasteiger partial charge on any atom is -0.381 e. The third-order valence-corrected chi connectivity index (χ3v) is 6.97. The summed E-state index contributed by atoms with van der Waals surface area (Å²) in [5.74, 6) is 1.23. The van der Waals surface area contributed by atoms with Gasteiger partial charge in [0.25, 0.3) is 0 Å². The Hall–Kier alpha value is -0.170. The van der Waals surface area contributed by atoms with Crippen LogP contribution in [0.5, 0.6) is 0 Å². The molecule has 0 amide bonds. The first-order valence-corrected chi connectivity index (χ1v) is 10.8. The lowest BCUT2D eigenvalue weighted by atomic mass is 9.91. The van der Waals surface area contributed by atoms with E-state index in [1.807, 2.05) is 0 Å². The maximum absolute atomic E-state index is 12.4. The molecule has 0 aromatic heterocycles. The molecular weight excluding hydrogens is 312 g/mol. The second-order valence-corrected chi connectivity index (χ2v) is 9.68. The molecule has 0 radical (unpaired) electrons. The molecule has 6 heteroatoms. The van der Waals surface area contributed by atoms with Crippen molar-refractivity contribution in [3.8, 4) is 0 Å². The summed E-state index contributed by atoms with van der Waals surface area (Å²) < 4.78 is 32.9. The Labute approximate surface area is 142 Å². The second kappa shape index (κ2) is 8.28. The zero-order valence-corrected chi connectivity index (χ0v) is 15.8. The lowest BCUT2D eigenvalue weighted by Crippen LogP contribution is -2.55. The number of hydrogen-bond donors (Lipinski definition) is 1. The van der Waals surface area contributed by atoms with Gasteiger partial charge in [-0.05, 0) is 57.9 Å². The Balaban J connectivity index is 1.84. The van der Waals surface area contributed by atoms with Crippen LogP contribution in [-0.2, 0) is 14.8 Å². The minimum atomic E-state index is -3.20. The van der Waals surface area contributed by atoms with Gasteiger partial charge in [-0.2, -0.15) is 0 Å². The van der Waals surface area contributed by atoms with E-state index < -0.39 is 10.0 Å². The number of ether oxygens (including phenoxy) is 1. The van der Waals surface area contributed by atoms with Crippen molar-refractivity contribution in [1.29, 1.82) is 0 Å². The molecule has 0 bridgehead atoms. The van der Waals surface area contributed by atoms with E-state index in [9.17, 15) is 8.42 Å². The Morgan fingerprint density at radius 2 is 1.87 bits per heavy atom. The molecule has 2 heterocycles. The summed E-state index contributed by atoms with van der Waals surface area (Å²) in [6.45, 7) is 10.6. The van der Waals surface area contributed by atoms with Crippen LogP contribution < -0.4 is 4.72 Å². The first kappa shape index (κ1) is 19.2. The highest BCUT2D eigenvalue weighted by molar-refractivity contribution is 7.89. The first-order valence-electron chi connectivity index (χ1n) is 9.12. The molecular formula is C17H34N2O3S. The smallest absolute Gasteiger partial charge is 0.211 e. The van der Waals surface area contributed by atoms with E-state index in [0.717, 1.165) is 31.8 Å². The zero-order valence-electron chi connectivity index (χ0n) is 15.0. The van der Waals surface area contributed by atoms with Crippen molar-refractivity contribution in [2.24, 2.45) is 11.8 Å². The van der Waals surface area contributed by atoms with Crippen molar-refractivity contribution in [2.75, 3.05) is 38.6 Å². The number of piperidine rings is 1. The van der Waals surface area contributed by atoms with Crippen LogP contribution in [0.4, 0.5) is 0 Å². The van der Waals surface area contributed by atoms with E-state index in [0.29, 0.717) is 19.8 Å². The van der Waals surface area contributed by atoms with Crippen LogP contribution in [-0.4, -0.2) is 57.5 Å². The molecule has 2 saturated heterocycles. The molecule has 136 valence electrons. The minimum absolute atomic E-state index is 0.128. The van der Waals surface area contributed by atoms with E-state index in [4.69, 9.17) is 4.74 Å². The van der Waals surface area contributed by atoms with E-state index >= 15 is 0 Å². The highest BCUT2D eigenvalue weighted by Crippen LogP contribution is 2.25. The van der Waals surface area contributed by atoms with E-state index in [1.54, 1.807) is 0 Å². The third-order valence-electron chi connectivity index (χ3n) is 5.47. The Morgan fingerprint density at radius 1 is 1.17 bits per heavy atom. The number of hydrogen-bond acceptors (Lipinski definition) is 4. The molecule has 2 aliphatic rings. The van der Waals surface area contributed by atoms with Gasteiger partial charge in [0.1, 0.15) is 0 Å². The van der Waals surface area contributed by atoms with Crippen LogP contribution in [0.25, 0.3) is 0 Å². The highest BCUT2D eigenvalue weighted by Gasteiger charge is 2.32. The monoisotopic (exact) mass is 346 g/mol. The molecule has 0 aromatic carbocycles. The van der Waals surface area contributed by atoms with Crippen LogP contribution in [0.3, 0.4) is 0 Å². The fourth-order valence-corrected chi connectivity index (χ4v) is 5.27. The molecule has 0 aliphatic carbocycles. The number of nitrogens with one attached hydrogen (secondary N) is 1. The van der Waals surface area contributed by atoms with Gasteiger partial charge in [-0.15, -0.1) is 0 Å². The van der Waals surface area contributed by atoms with Gasteiger partial charge in [-0.3, -0.25) is 4.90 Å². The third kappa shape index (κ3) is 6.00. The lowest BCUT2D eigenvalue weighted by Gasteiger charge is -2.43. The summed E-state index contributed by atoms with van der Waals surface area (Å²) in [6.07, 6.45) is 5.45. The molecule has 2 aliphatic heterocycles. The fraction of sp³-hybridized carbons (Fsp3) is 1.00. The zero-order chi connectivity index (χ0) is 16.9. The van der Waals surface area contributed by atoms with Gasteiger partial charge in [0.05, 0.1) is 5.75 Å². The molecule has 0 aromatic rings. The topological polar surface area (TPSA) is 58.6 Å². The van der Waals surface area contributed by atoms with Crippen molar-refractivity contribution in [3.63, 3.8) is 0 Å². The average molecular weight is 347 g/mol. The molecule has 0 saturated carbocycles. The Kier molecular flexibility index (Phi) is 6.89. The lowest BCUT2D eigenvalue weighted by molar-refractivity contribution is 0.0678. The molecule has 1 atom stereocenters. The van der Waals surface area contributed by atoms with Crippen LogP contribution in [0.15, 0.2) is 0 Å². The molecule has 5 nitrogen and oxygen atoms in total. The fourth-order valence-electron chi connectivity index (χ4n) is 3.63. The van der Waals surface area contributed by atoms with Gasteiger partial charge in [-0.1, -0.05) is 13.3 Å². The standard InChI is InChI=1S/C17H34N2O3S/c1-4-15-6-5-9-19(12-15)17(2,3)14-18-23(20,21)13-16-7-10-22-11-8-16/h15-16,18H,4-14H2,1-3H3/t15-/m0/s1. The van der Waals surface area contributed by atoms with Crippen molar-refractivity contribution in [1.82, 2.24) is 9.62 Å². The van der Waals surface area contributed by atoms with Gasteiger partial charge in [0.2, 0.25) is 10.0 Å². The molecule has 2 rings (SSSR count). The van der Waals surface area contributed by atoms with Gasteiger partial charge in [0.15, 0.2) is 0 Å². The molecule has 1 N–H and O–H groups in total. The van der Waals surface area contributed by atoms with Crippen molar-refractivity contribution < 1.29 is 13.2 Å². The molecule has 0 spiro atoms. The summed E-state index contributed by atoms with van der Waals surface area (Å²) in [5.41, 5.74) is -0.128. The SMILES string of the molecule is CC[C@H]1CCCN(C(C)(C)CNS(=O)(=O)CC2CCOCC2)C1. The van der Waals surface area contributed by atoms with Gasteiger partial charge >= 0.3 is 0 Å². The Bertz CT molecular complexity index is 458. The summed E-state index contributed by atoms with van der Waals surface area (Å²) in [5, 5.41) is 0. The summed E-state index contributed by atoms with van der Waals surface area (Å²) in [4.78, 5) is 2.46. The number of nitrogens with zero attached hydrogens (tertiary/aromatic N) is 1. The number of rotatable bonds is 7. The summed E-state index contributed by atoms with van der Waals surface area (Å²) >= 11 is 0. The quantitative estimate of drug-likeness (QED) is 0.768. The largest absolute Gasteiger partial charge is 0.381 e. The van der Waals surface area contributed by atoms with Gasteiger partial charge in [0, 0.05) is 31.8 Å². The molecule has 23 heavy (non-hydrogen) atoms. The van der Waals surface area contributed by atoms with E-state index in [2.05, 4.69) is 30.4 Å². The summed E-state index contributed by atoms with van der Waals surface area (Å²) in [7, 11) is -3.20. The first-order chi connectivity index (χ1) is 10.8. The molecule has 0 unspecified atom stereocenters. The molecule has 2 fully saturated rings. The maximum Gasteiger partial charge on any atom is 0.211 e. The van der Waals surface area contributed by atoms with Crippen LogP contribution in [0.1, 0.15) is 52.9 Å². The second-order valence-electron chi connectivity index (χ2n) is 7.83. The van der Waals surface area contributed by atoms with E-state index in [-0.39, 0.29) is 17.2 Å². The van der Waals surface area contributed by atoms with Crippen molar-refractivity contribution in [3.05, 3.63) is 0 Å². The number of sulfonamides is 1. The normalized spacial score (nSPS) is 25.6. The maximum atomic E-state index is 12.4. The van der Waals surface area contributed by atoms with Crippen LogP contribution >= 0.6 is 0 Å². The predicted octanol–water partition coefficient (Wildman–Crippen LogP) is 2.23.